The minimum absolute atomic E-state index is 0.460. The molecule has 0 saturated heterocycles. The first-order valence-corrected chi connectivity index (χ1v) is 8.36. The molecule has 0 aliphatic carbocycles. The first-order chi connectivity index (χ1) is 10.4. The average Bonchev–Trinajstić information content (AvgIpc) is 2.85. The van der Waals surface area contributed by atoms with Crippen molar-refractivity contribution in [3.63, 3.8) is 0 Å². The SMILES string of the molecule is CC(C)=CCC/C(C)=C\CC/C(C)=C\CCC1(C)OC=CO1. The lowest BCUT2D eigenvalue weighted by molar-refractivity contribution is -0.129. The van der Waals surface area contributed by atoms with Crippen molar-refractivity contribution in [3.05, 3.63) is 47.5 Å². The van der Waals surface area contributed by atoms with Gasteiger partial charge in [-0.2, -0.15) is 0 Å². The van der Waals surface area contributed by atoms with Crippen LogP contribution >= 0.6 is 0 Å². The second-order valence-electron chi connectivity index (χ2n) is 6.64. The Kier molecular flexibility index (Phi) is 8.08. The van der Waals surface area contributed by atoms with Gasteiger partial charge in [0.1, 0.15) is 12.5 Å². The lowest BCUT2D eigenvalue weighted by atomic mass is 10.0. The Morgan fingerprint density at radius 2 is 1.32 bits per heavy atom. The highest BCUT2D eigenvalue weighted by Crippen LogP contribution is 2.25. The Balaban J connectivity index is 2.20. The van der Waals surface area contributed by atoms with Crippen molar-refractivity contribution in [2.24, 2.45) is 0 Å². The highest BCUT2D eigenvalue weighted by Gasteiger charge is 2.27. The molecule has 1 heterocycles. The molecule has 1 aliphatic rings. The Bertz CT molecular complexity index is 440. The van der Waals surface area contributed by atoms with Gasteiger partial charge in [-0.1, -0.05) is 34.9 Å². The van der Waals surface area contributed by atoms with Crippen molar-refractivity contribution in [1.29, 1.82) is 0 Å². The van der Waals surface area contributed by atoms with Crippen LogP contribution < -0.4 is 0 Å². The Morgan fingerprint density at radius 1 is 0.818 bits per heavy atom. The lowest BCUT2D eigenvalue weighted by Gasteiger charge is -2.22. The van der Waals surface area contributed by atoms with E-state index in [-0.39, 0.29) is 0 Å². The molecule has 2 nitrogen and oxygen atoms in total. The van der Waals surface area contributed by atoms with Gasteiger partial charge in [-0.15, -0.1) is 0 Å². The first-order valence-electron chi connectivity index (χ1n) is 8.36. The zero-order valence-corrected chi connectivity index (χ0v) is 14.9. The smallest absolute Gasteiger partial charge is 0.247 e. The summed E-state index contributed by atoms with van der Waals surface area (Å²) in [5.41, 5.74) is 4.35. The predicted molar refractivity (Wildman–Crippen MR) is 94.4 cm³/mol. The van der Waals surface area contributed by atoms with E-state index in [0.29, 0.717) is 0 Å². The Morgan fingerprint density at radius 3 is 1.86 bits per heavy atom. The minimum Gasteiger partial charge on any atom is -0.457 e. The fraction of sp³-hybridized carbons (Fsp3) is 0.600. The average molecular weight is 304 g/mol. The molecule has 0 saturated carbocycles. The molecule has 22 heavy (non-hydrogen) atoms. The van der Waals surface area contributed by atoms with Crippen LogP contribution in [0.1, 0.15) is 73.1 Å². The van der Waals surface area contributed by atoms with E-state index in [9.17, 15) is 0 Å². The predicted octanol–water partition coefficient (Wildman–Crippen LogP) is 6.42. The maximum Gasteiger partial charge on any atom is 0.247 e. The standard InChI is InChI=1S/C20H32O2/c1-17(2)9-6-10-18(3)11-7-12-19(4)13-8-14-20(5)21-15-16-22-20/h9,11,13,15-16H,6-8,10,12,14H2,1-5H3/b18-11-,19-13-. The third kappa shape index (κ3) is 8.11. The molecular formula is C20H32O2. The van der Waals surface area contributed by atoms with Gasteiger partial charge in [0.25, 0.3) is 0 Å². The van der Waals surface area contributed by atoms with Crippen LogP contribution in [0.15, 0.2) is 47.5 Å². The van der Waals surface area contributed by atoms with E-state index in [1.165, 1.54) is 23.1 Å². The van der Waals surface area contributed by atoms with Gasteiger partial charge in [0, 0.05) is 13.3 Å². The Labute approximate surface area is 136 Å². The number of ether oxygens (including phenoxy) is 2. The fourth-order valence-electron chi connectivity index (χ4n) is 2.41. The van der Waals surface area contributed by atoms with E-state index in [4.69, 9.17) is 9.47 Å². The van der Waals surface area contributed by atoms with E-state index in [1.807, 2.05) is 6.92 Å². The Hall–Kier alpha value is -1.44. The molecular weight excluding hydrogens is 272 g/mol. The molecule has 0 aromatic rings. The summed E-state index contributed by atoms with van der Waals surface area (Å²) in [5, 5.41) is 0. The zero-order chi connectivity index (χ0) is 16.4. The fourth-order valence-corrected chi connectivity index (χ4v) is 2.41. The van der Waals surface area contributed by atoms with E-state index in [0.717, 1.165) is 32.1 Å². The molecule has 0 N–H and O–H groups in total. The normalized spacial score (nSPS) is 17.1. The van der Waals surface area contributed by atoms with Crippen LogP contribution in [0, 0.1) is 0 Å². The molecule has 0 unspecified atom stereocenters. The third-order valence-electron chi connectivity index (χ3n) is 3.90. The van der Waals surface area contributed by atoms with Gasteiger partial charge in [0.2, 0.25) is 5.79 Å². The summed E-state index contributed by atoms with van der Waals surface area (Å²) in [5.74, 6) is -0.460. The summed E-state index contributed by atoms with van der Waals surface area (Å²) < 4.78 is 10.9. The van der Waals surface area contributed by atoms with Crippen molar-refractivity contribution < 1.29 is 9.47 Å². The molecule has 1 rings (SSSR count). The van der Waals surface area contributed by atoms with E-state index >= 15 is 0 Å². The summed E-state index contributed by atoms with van der Waals surface area (Å²) in [6.07, 6.45) is 16.7. The van der Waals surface area contributed by atoms with Gasteiger partial charge in [0.15, 0.2) is 0 Å². The molecule has 0 aromatic heterocycles. The van der Waals surface area contributed by atoms with Gasteiger partial charge in [0.05, 0.1) is 0 Å². The number of hydrogen-bond acceptors (Lipinski definition) is 2. The summed E-state index contributed by atoms with van der Waals surface area (Å²) in [7, 11) is 0. The van der Waals surface area contributed by atoms with Gasteiger partial charge >= 0.3 is 0 Å². The zero-order valence-electron chi connectivity index (χ0n) is 14.9. The number of rotatable bonds is 9. The topological polar surface area (TPSA) is 18.5 Å². The first kappa shape index (κ1) is 18.6. The quantitative estimate of drug-likeness (QED) is 0.457. The van der Waals surface area contributed by atoms with Gasteiger partial charge in [-0.25, -0.2) is 0 Å². The van der Waals surface area contributed by atoms with Gasteiger partial charge in [-0.3, -0.25) is 0 Å². The molecule has 1 aliphatic heterocycles. The van der Waals surface area contributed by atoms with Crippen LogP contribution in [0.25, 0.3) is 0 Å². The molecule has 0 bridgehead atoms. The maximum absolute atomic E-state index is 5.44. The summed E-state index contributed by atoms with van der Waals surface area (Å²) in [4.78, 5) is 0. The molecule has 0 radical (unpaired) electrons. The highest BCUT2D eigenvalue weighted by molar-refractivity contribution is 5.05. The molecule has 2 heteroatoms. The number of allylic oxidation sites excluding steroid dienone is 6. The van der Waals surface area contributed by atoms with Crippen LogP contribution in [0.2, 0.25) is 0 Å². The molecule has 124 valence electrons. The highest BCUT2D eigenvalue weighted by atomic mass is 16.7. The third-order valence-corrected chi connectivity index (χ3v) is 3.90. The van der Waals surface area contributed by atoms with Crippen LogP contribution in [0.4, 0.5) is 0 Å². The summed E-state index contributed by atoms with van der Waals surface area (Å²) in [6.45, 7) is 10.7. The molecule has 0 fully saturated rings. The van der Waals surface area contributed by atoms with E-state index < -0.39 is 5.79 Å². The minimum atomic E-state index is -0.460. The van der Waals surface area contributed by atoms with Gasteiger partial charge in [-0.05, 0) is 59.8 Å². The van der Waals surface area contributed by atoms with Crippen molar-refractivity contribution in [2.75, 3.05) is 0 Å². The molecule has 0 spiro atoms. The van der Waals surface area contributed by atoms with Crippen molar-refractivity contribution >= 4 is 0 Å². The summed E-state index contributed by atoms with van der Waals surface area (Å²) in [6, 6.07) is 0. The second-order valence-corrected chi connectivity index (χ2v) is 6.64. The molecule has 0 aromatic carbocycles. The van der Waals surface area contributed by atoms with Crippen LogP contribution in [0.5, 0.6) is 0 Å². The molecule has 0 amide bonds. The number of hydrogen-bond donors (Lipinski definition) is 0. The monoisotopic (exact) mass is 304 g/mol. The van der Waals surface area contributed by atoms with E-state index in [1.54, 1.807) is 12.5 Å². The van der Waals surface area contributed by atoms with Crippen molar-refractivity contribution in [3.8, 4) is 0 Å². The maximum atomic E-state index is 5.44. The van der Waals surface area contributed by atoms with Crippen molar-refractivity contribution in [2.45, 2.75) is 78.9 Å². The van der Waals surface area contributed by atoms with Crippen LogP contribution in [-0.2, 0) is 9.47 Å². The molecule has 0 atom stereocenters. The van der Waals surface area contributed by atoms with E-state index in [2.05, 4.69) is 45.9 Å². The second kappa shape index (κ2) is 9.55. The van der Waals surface area contributed by atoms with Gasteiger partial charge < -0.3 is 9.47 Å². The largest absolute Gasteiger partial charge is 0.457 e. The van der Waals surface area contributed by atoms with Crippen molar-refractivity contribution in [1.82, 2.24) is 0 Å². The van der Waals surface area contributed by atoms with Crippen LogP contribution in [-0.4, -0.2) is 5.79 Å². The van der Waals surface area contributed by atoms with Crippen LogP contribution in [0.3, 0.4) is 0 Å². The lowest BCUT2D eigenvalue weighted by Crippen LogP contribution is -2.24. The summed E-state index contributed by atoms with van der Waals surface area (Å²) >= 11 is 0.